The number of amides is 1. The Morgan fingerprint density at radius 2 is 1.73 bits per heavy atom. The molecule has 156 valence electrons. The van der Waals surface area contributed by atoms with Gasteiger partial charge in [-0.25, -0.2) is 9.37 Å². The molecule has 1 aromatic heterocycles. The van der Waals surface area contributed by atoms with Gasteiger partial charge in [-0.1, -0.05) is 12.1 Å². The van der Waals surface area contributed by atoms with Gasteiger partial charge in [-0.15, -0.1) is 0 Å². The highest BCUT2D eigenvalue weighted by Gasteiger charge is 2.24. The number of aromatic nitrogens is 2. The highest BCUT2D eigenvalue weighted by atomic mass is 19.1. The number of hydrogen-bond acceptors (Lipinski definition) is 5. The van der Waals surface area contributed by atoms with Crippen molar-refractivity contribution in [3.63, 3.8) is 0 Å². The number of benzene rings is 2. The molecule has 0 atom stereocenters. The lowest BCUT2D eigenvalue weighted by Gasteiger charge is -2.35. The zero-order valence-corrected chi connectivity index (χ0v) is 16.7. The van der Waals surface area contributed by atoms with Gasteiger partial charge >= 0.3 is 0 Å². The van der Waals surface area contributed by atoms with Crippen LogP contribution in [-0.2, 0) is 4.79 Å². The Morgan fingerprint density at radius 3 is 2.43 bits per heavy atom. The molecule has 8 heteroatoms. The number of methoxy groups -OCH3 is 1. The van der Waals surface area contributed by atoms with Crippen LogP contribution in [0.1, 0.15) is 0 Å². The van der Waals surface area contributed by atoms with Gasteiger partial charge in [0.15, 0.2) is 6.61 Å². The molecule has 1 fully saturated rings. The molecule has 1 aliphatic rings. The Labute approximate surface area is 174 Å². The van der Waals surface area contributed by atoms with Gasteiger partial charge in [0.2, 0.25) is 5.95 Å². The maximum absolute atomic E-state index is 14.2. The summed E-state index contributed by atoms with van der Waals surface area (Å²) in [5, 5.41) is 0. The number of imidazole rings is 1. The summed E-state index contributed by atoms with van der Waals surface area (Å²) < 4.78 is 26.6. The Hall–Kier alpha value is -3.55. The van der Waals surface area contributed by atoms with Gasteiger partial charge in [-0.2, -0.15) is 0 Å². The van der Waals surface area contributed by atoms with Crippen molar-refractivity contribution >= 4 is 11.9 Å². The van der Waals surface area contributed by atoms with Crippen molar-refractivity contribution in [2.75, 3.05) is 44.8 Å². The molecule has 1 aliphatic heterocycles. The fraction of sp³-hybridized carbons (Fsp3) is 0.273. The molecule has 1 saturated heterocycles. The quantitative estimate of drug-likeness (QED) is 0.626. The lowest BCUT2D eigenvalue weighted by atomic mass is 10.3. The summed E-state index contributed by atoms with van der Waals surface area (Å²) in [6, 6.07) is 13.7. The van der Waals surface area contributed by atoms with Crippen LogP contribution in [0.25, 0.3) is 5.69 Å². The van der Waals surface area contributed by atoms with E-state index < -0.39 is 0 Å². The van der Waals surface area contributed by atoms with Crippen LogP contribution < -0.4 is 14.4 Å². The molecule has 2 heterocycles. The van der Waals surface area contributed by atoms with E-state index in [0.717, 1.165) is 5.75 Å². The lowest BCUT2D eigenvalue weighted by molar-refractivity contribution is -0.133. The van der Waals surface area contributed by atoms with Crippen LogP contribution in [0, 0.1) is 5.82 Å². The van der Waals surface area contributed by atoms with E-state index in [1.54, 1.807) is 71.4 Å². The number of carbonyl (C=O) groups excluding carboxylic acids is 1. The summed E-state index contributed by atoms with van der Waals surface area (Å²) in [7, 11) is 1.60. The van der Waals surface area contributed by atoms with E-state index in [2.05, 4.69) is 9.88 Å². The predicted molar refractivity (Wildman–Crippen MR) is 111 cm³/mol. The topological polar surface area (TPSA) is 59.8 Å². The number of nitrogens with zero attached hydrogens (tertiary/aromatic N) is 4. The second kappa shape index (κ2) is 8.86. The van der Waals surface area contributed by atoms with Crippen LogP contribution >= 0.6 is 0 Å². The molecule has 0 N–H and O–H groups in total. The molecule has 4 rings (SSSR count). The summed E-state index contributed by atoms with van der Waals surface area (Å²) in [4.78, 5) is 20.7. The van der Waals surface area contributed by atoms with E-state index in [9.17, 15) is 9.18 Å². The van der Waals surface area contributed by atoms with Gasteiger partial charge in [0.1, 0.15) is 17.3 Å². The first-order chi connectivity index (χ1) is 14.7. The monoisotopic (exact) mass is 410 g/mol. The Morgan fingerprint density at radius 1 is 1.03 bits per heavy atom. The fourth-order valence-corrected chi connectivity index (χ4v) is 3.43. The standard InChI is InChI=1S/C22H23FN4O3/c1-29-17-6-8-18(9-7-17)30-16-21(28)25-12-14-26(15-13-25)22-24-10-11-27(22)20-5-3-2-4-19(20)23/h2-11H,12-16H2,1H3. The third kappa shape index (κ3) is 4.22. The number of anilines is 1. The second-order valence-corrected chi connectivity index (χ2v) is 6.88. The molecular weight excluding hydrogens is 387 g/mol. The van der Waals surface area contributed by atoms with E-state index in [1.807, 2.05) is 0 Å². The van der Waals surface area contributed by atoms with Crippen molar-refractivity contribution in [2.45, 2.75) is 0 Å². The molecule has 0 spiro atoms. The van der Waals surface area contributed by atoms with Gasteiger partial charge in [-0.05, 0) is 36.4 Å². The number of carbonyl (C=O) groups is 1. The SMILES string of the molecule is COc1ccc(OCC(=O)N2CCN(c3nccn3-c3ccccc3F)CC2)cc1. The van der Waals surface area contributed by atoms with Gasteiger partial charge < -0.3 is 19.3 Å². The molecule has 30 heavy (non-hydrogen) atoms. The summed E-state index contributed by atoms with van der Waals surface area (Å²) in [6.07, 6.45) is 3.40. The molecule has 1 amide bonds. The first-order valence-electron chi connectivity index (χ1n) is 9.73. The zero-order valence-electron chi connectivity index (χ0n) is 16.7. The average molecular weight is 410 g/mol. The number of piperazine rings is 1. The highest BCUT2D eigenvalue weighted by Crippen LogP contribution is 2.22. The normalized spacial score (nSPS) is 13.9. The maximum atomic E-state index is 14.2. The van der Waals surface area contributed by atoms with Crippen molar-refractivity contribution < 1.29 is 18.7 Å². The molecule has 0 bridgehead atoms. The number of para-hydroxylation sites is 1. The van der Waals surface area contributed by atoms with Crippen LogP contribution in [-0.4, -0.2) is 60.3 Å². The molecule has 3 aromatic rings. The van der Waals surface area contributed by atoms with E-state index in [1.165, 1.54) is 6.07 Å². The van der Waals surface area contributed by atoms with Gasteiger partial charge in [0, 0.05) is 38.6 Å². The molecule has 0 unspecified atom stereocenters. The molecule has 0 radical (unpaired) electrons. The van der Waals surface area contributed by atoms with Gasteiger partial charge in [-0.3, -0.25) is 9.36 Å². The number of ether oxygens (including phenoxy) is 2. The van der Waals surface area contributed by atoms with Gasteiger partial charge in [0.05, 0.1) is 12.8 Å². The minimum absolute atomic E-state index is 0.0177. The molecule has 2 aromatic carbocycles. The van der Waals surface area contributed by atoms with Crippen molar-refractivity contribution in [1.82, 2.24) is 14.5 Å². The van der Waals surface area contributed by atoms with E-state index >= 15 is 0 Å². The third-order valence-electron chi connectivity index (χ3n) is 5.07. The molecule has 7 nitrogen and oxygen atoms in total. The number of halogens is 1. The number of hydrogen-bond donors (Lipinski definition) is 0. The van der Waals surface area contributed by atoms with Crippen molar-refractivity contribution in [1.29, 1.82) is 0 Å². The largest absolute Gasteiger partial charge is 0.497 e. The van der Waals surface area contributed by atoms with Crippen LogP contribution in [0.2, 0.25) is 0 Å². The summed E-state index contributed by atoms with van der Waals surface area (Å²) in [5.41, 5.74) is 0.455. The summed E-state index contributed by atoms with van der Waals surface area (Å²) in [6.45, 7) is 2.31. The van der Waals surface area contributed by atoms with Gasteiger partial charge in [0.25, 0.3) is 5.91 Å². The average Bonchev–Trinajstić information content (AvgIpc) is 3.28. The predicted octanol–water partition coefficient (Wildman–Crippen LogP) is 2.75. The highest BCUT2D eigenvalue weighted by molar-refractivity contribution is 5.78. The Balaban J connectivity index is 1.33. The summed E-state index contributed by atoms with van der Waals surface area (Å²) in [5.74, 6) is 1.65. The van der Waals surface area contributed by atoms with Crippen LogP contribution in [0.5, 0.6) is 11.5 Å². The smallest absolute Gasteiger partial charge is 0.260 e. The summed E-state index contributed by atoms with van der Waals surface area (Å²) >= 11 is 0. The second-order valence-electron chi connectivity index (χ2n) is 6.88. The van der Waals surface area contributed by atoms with E-state index in [4.69, 9.17) is 9.47 Å². The minimum Gasteiger partial charge on any atom is -0.497 e. The van der Waals surface area contributed by atoms with Crippen molar-refractivity contribution in [3.8, 4) is 17.2 Å². The first-order valence-corrected chi connectivity index (χ1v) is 9.73. The van der Waals surface area contributed by atoms with Crippen LogP contribution in [0.4, 0.5) is 10.3 Å². The Bertz CT molecular complexity index is 998. The van der Waals surface area contributed by atoms with Crippen molar-refractivity contribution in [2.24, 2.45) is 0 Å². The van der Waals surface area contributed by atoms with E-state index in [-0.39, 0.29) is 18.3 Å². The van der Waals surface area contributed by atoms with Crippen molar-refractivity contribution in [3.05, 3.63) is 66.7 Å². The van der Waals surface area contributed by atoms with Crippen LogP contribution in [0.15, 0.2) is 60.9 Å². The number of rotatable bonds is 6. The van der Waals surface area contributed by atoms with Crippen LogP contribution in [0.3, 0.4) is 0 Å². The molecule has 0 saturated carbocycles. The maximum Gasteiger partial charge on any atom is 0.260 e. The first kappa shape index (κ1) is 19.8. The zero-order chi connectivity index (χ0) is 20.9. The fourth-order valence-electron chi connectivity index (χ4n) is 3.43. The third-order valence-corrected chi connectivity index (χ3v) is 5.07. The van der Waals surface area contributed by atoms with E-state index in [0.29, 0.717) is 43.6 Å². The minimum atomic E-state index is -0.304. The lowest BCUT2D eigenvalue weighted by Crippen LogP contribution is -2.50. The molecular formula is C22H23FN4O3. The molecule has 0 aliphatic carbocycles. The Kier molecular flexibility index (Phi) is 5.83.